The van der Waals surface area contributed by atoms with Gasteiger partial charge in [0.25, 0.3) is 0 Å². The summed E-state index contributed by atoms with van der Waals surface area (Å²) < 4.78 is 6.80. The van der Waals surface area contributed by atoms with Gasteiger partial charge >= 0.3 is 5.97 Å². The summed E-state index contributed by atoms with van der Waals surface area (Å²) in [4.78, 5) is 35.5. The number of hydrogen-bond acceptors (Lipinski definition) is 6. The molecule has 0 aliphatic carbocycles. The van der Waals surface area contributed by atoms with Crippen LogP contribution in [0.4, 0.5) is 11.5 Å². The van der Waals surface area contributed by atoms with Crippen molar-refractivity contribution in [3.8, 4) is 0 Å². The Morgan fingerprint density at radius 1 is 1.03 bits per heavy atom. The molecule has 1 aromatic heterocycles. The first-order valence-corrected chi connectivity index (χ1v) is 13.0. The molecular formula is C27H27Cl2N5O3. The molecule has 1 amide bonds. The normalized spacial score (nSPS) is 19.3. The van der Waals surface area contributed by atoms with Gasteiger partial charge in [0.05, 0.1) is 28.9 Å². The van der Waals surface area contributed by atoms with Crippen LogP contribution in [0.1, 0.15) is 35.8 Å². The highest BCUT2D eigenvalue weighted by Gasteiger charge is 2.43. The average Bonchev–Trinajstić information content (AvgIpc) is 3.33. The number of benzene rings is 2. The van der Waals surface area contributed by atoms with E-state index in [-0.39, 0.29) is 18.1 Å². The fourth-order valence-corrected chi connectivity index (χ4v) is 5.44. The van der Waals surface area contributed by atoms with Crippen molar-refractivity contribution in [3.05, 3.63) is 75.9 Å². The number of para-hydroxylation sites is 1. The molecule has 2 unspecified atom stereocenters. The van der Waals surface area contributed by atoms with E-state index in [2.05, 4.69) is 27.1 Å². The maximum Gasteiger partial charge on any atom is 0.343 e. The van der Waals surface area contributed by atoms with Crippen molar-refractivity contribution in [1.82, 2.24) is 14.7 Å². The molecule has 0 spiro atoms. The molecule has 3 aromatic rings. The van der Waals surface area contributed by atoms with E-state index in [9.17, 15) is 9.59 Å². The summed E-state index contributed by atoms with van der Waals surface area (Å²) in [6.45, 7) is 6.37. The fraction of sp³-hybridized carbons (Fsp3) is 0.333. The molecule has 8 nitrogen and oxygen atoms in total. The van der Waals surface area contributed by atoms with E-state index in [0.717, 1.165) is 18.8 Å². The molecule has 3 heterocycles. The first-order chi connectivity index (χ1) is 17.9. The molecule has 1 saturated heterocycles. The maximum absolute atomic E-state index is 14.1. The highest BCUT2D eigenvalue weighted by atomic mass is 35.5. The molecule has 0 N–H and O–H groups in total. The van der Waals surface area contributed by atoms with Crippen LogP contribution < -0.4 is 4.90 Å². The highest BCUT2D eigenvalue weighted by molar-refractivity contribution is 6.42. The van der Waals surface area contributed by atoms with Crippen molar-refractivity contribution in [3.63, 3.8) is 0 Å². The molecule has 5 rings (SSSR count). The Balaban J connectivity index is 1.50. The Hall–Kier alpha value is -3.36. The molecule has 0 bridgehead atoms. The molecule has 0 saturated carbocycles. The van der Waals surface area contributed by atoms with Gasteiger partial charge in [-0.2, -0.15) is 5.10 Å². The predicted octanol–water partition coefficient (Wildman–Crippen LogP) is 5.03. The SMILES string of the molecule is CCOC(=O)c1cnn2c1N=C(C)C(C(=O)N1CCN(c3ccccc3)CC1)C2c1cccc(Cl)c1Cl. The van der Waals surface area contributed by atoms with Gasteiger partial charge in [-0.3, -0.25) is 4.79 Å². The van der Waals surface area contributed by atoms with Gasteiger partial charge in [0.15, 0.2) is 5.82 Å². The number of nitrogens with zero attached hydrogens (tertiary/aromatic N) is 5. The molecular weight excluding hydrogens is 513 g/mol. The average molecular weight is 540 g/mol. The summed E-state index contributed by atoms with van der Waals surface area (Å²) in [6.07, 6.45) is 1.43. The lowest BCUT2D eigenvalue weighted by Gasteiger charge is -2.40. The summed E-state index contributed by atoms with van der Waals surface area (Å²) in [5.74, 6) is -0.900. The van der Waals surface area contributed by atoms with Crippen LogP contribution in [0.25, 0.3) is 0 Å². The minimum absolute atomic E-state index is 0.0613. The van der Waals surface area contributed by atoms with Crippen LogP contribution in [0.3, 0.4) is 0 Å². The van der Waals surface area contributed by atoms with E-state index in [0.29, 0.717) is 40.2 Å². The third kappa shape index (κ3) is 4.71. The van der Waals surface area contributed by atoms with Crippen molar-refractivity contribution in [2.24, 2.45) is 10.9 Å². The minimum atomic E-state index is -0.665. The van der Waals surface area contributed by atoms with Crippen molar-refractivity contribution < 1.29 is 14.3 Å². The number of carbonyl (C=O) groups is 2. The van der Waals surface area contributed by atoms with E-state index < -0.39 is 17.9 Å². The van der Waals surface area contributed by atoms with Crippen molar-refractivity contribution >= 4 is 52.3 Å². The zero-order valence-corrected chi connectivity index (χ0v) is 22.1. The molecule has 2 aromatic carbocycles. The fourth-order valence-electron chi connectivity index (χ4n) is 5.02. The van der Waals surface area contributed by atoms with Gasteiger partial charge in [0.2, 0.25) is 5.91 Å². The molecule has 1 fully saturated rings. The second-order valence-corrected chi connectivity index (χ2v) is 9.80. The number of aromatic nitrogens is 2. The number of hydrogen-bond donors (Lipinski definition) is 0. The number of carbonyl (C=O) groups excluding carboxylic acids is 2. The molecule has 2 aliphatic rings. The quantitative estimate of drug-likeness (QED) is 0.425. The van der Waals surface area contributed by atoms with Crippen LogP contribution in [0.15, 0.2) is 59.7 Å². The summed E-state index contributed by atoms with van der Waals surface area (Å²) in [5.41, 5.74) is 2.60. The molecule has 37 heavy (non-hydrogen) atoms. The number of halogens is 2. The number of aliphatic imine (C=N–C) groups is 1. The van der Waals surface area contributed by atoms with Crippen LogP contribution in [0.5, 0.6) is 0 Å². The Bertz CT molecular complexity index is 1350. The van der Waals surface area contributed by atoms with Gasteiger partial charge in [0.1, 0.15) is 11.5 Å². The van der Waals surface area contributed by atoms with Crippen molar-refractivity contribution in [2.75, 3.05) is 37.7 Å². The van der Waals surface area contributed by atoms with Gasteiger partial charge in [-0.15, -0.1) is 0 Å². The number of anilines is 1. The molecule has 2 atom stereocenters. The van der Waals surface area contributed by atoms with Crippen LogP contribution >= 0.6 is 23.2 Å². The summed E-state index contributed by atoms with van der Waals surface area (Å²) in [5, 5.41) is 5.20. The molecule has 2 aliphatic heterocycles. The van der Waals surface area contributed by atoms with Crippen LogP contribution in [0, 0.1) is 5.92 Å². The first-order valence-electron chi connectivity index (χ1n) is 12.2. The second-order valence-electron chi connectivity index (χ2n) is 9.01. The maximum atomic E-state index is 14.1. The Labute approximate surface area is 225 Å². The van der Waals surface area contributed by atoms with Crippen molar-refractivity contribution in [2.45, 2.75) is 19.9 Å². The van der Waals surface area contributed by atoms with E-state index in [1.807, 2.05) is 29.2 Å². The topological polar surface area (TPSA) is 80.0 Å². The largest absolute Gasteiger partial charge is 0.462 e. The molecule has 10 heteroatoms. The summed E-state index contributed by atoms with van der Waals surface area (Å²) in [7, 11) is 0. The van der Waals surface area contributed by atoms with Gasteiger partial charge in [-0.1, -0.05) is 53.5 Å². The van der Waals surface area contributed by atoms with E-state index in [1.54, 1.807) is 30.7 Å². The number of piperazine rings is 1. The number of ether oxygens (including phenoxy) is 1. The lowest BCUT2D eigenvalue weighted by molar-refractivity contribution is -0.134. The van der Waals surface area contributed by atoms with Crippen molar-refractivity contribution in [1.29, 1.82) is 0 Å². The Morgan fingerprint density at radius 3 is 2.46 bits per heavy atom. The van der Waals surface area contributed by atoms with Gasteiger partial charge in [-0.25, -0.2) is 14.5 Å². The smallest absolute Gasteiger partial charge is 0.343 e. The van der Waals surface area contributed by atoms with E-state index >= 15 is 0 Å². The van der Waals surface area contributed by atoms with E-state index in [4.69, 9.17) is 27.9 Å². The zero-order chi connectivity index (χ0) is 26.1. The van der Waals surface area contributed by atoms with Gasteiger partial charge < -0.3 is 14.5 Å². The summed E-state index contributed by atoms with van der Waals surface area (Å²) in [6, 6.07) is 14.9. The minimum Gasteiger partial charge on any atom is -0.462 e. The number of amides is 1. The number of rotatable bonds is 5. The number of esters is 1. The second kappa shape index (κ2) is 10.6. The lowest BCUT2D eigenvalue weighted by Crippen LogP contribution is -2.53. The number of fused-ring (bicyclic) bond motifs is 1. The Morgan fingerprint density at radius 2 is 1.76 bits per heavy atom. The van der Waals surface area contributed by atoms with E-state index in [1.165, 1.54) is 6.20 Å². The third-order valence-corrected chi connectivity index (χ3v) is 7.69. The van der Waals surface area contributed by atoms with Crippen LogP contribution in [-0.4, -0.2) is 65.1 Å². The lowest BCUT2D eigenvalue weighted by atomic mass is 9.86. The third-order valence-electron chi connectivity index (χ3n) is 6.85. The highest BCUT2D eigenvalue weighted by Crippen LogP contribution is 2.42. The molecule has 0 radical (unpaired) electrons. The molecule has 192 valence electrons. The van der Waals surface area contributed by atoms with Gasteiger partial charge in [0, 0.05) is 37.6 Å². The van der Waals surface area contributed by atoms with Crippen LogP contribution in [0.2, 0.25) is 10.0 Å². The predicted molar refractivity (Wildman–Crippen MR) is 144 cm³/mol. The van der Waals surface area contributed by atoms with Gasteiger partial charge in [-0.05, 0) is 37.6 Å². The standard InChI is InChI=1S/C27H27Cl2N5O3/c1-3-37-27(36)20-16-30-34-24(19-10-7-11-21(28)23(19)29)22(17(2)31-25(20)34)26(35)33-14-12-32(13-15-33)18-8-5-4-6-9-18/h4-11,16,22,24H,3,12-15H2,1-2H3. The first kappa shape index (κ1) is 25.3. The Kier molecular flexibility index (Phi) is 7.22. The monoisotopic (exact) mass is 539 g/mol. The van der Waals surface area contributed by atoms with Crippen LogP contribution in [-0.2, 0) is 9.53 Å². The zero-order valence-electron chi connectivity index (χ0n) is 20.6. The summed E-state index contributed by atoms with van der Waals surface area (Å²) >= 11 is 13.0.